The fourth-order valence-corrected chi connectivity index (χ4v) is 2.91. The molecule has 0 bridgehead atoms. The molecule has 0 amide bonds. The van der Waals surface area contributed by atoms with Crippen LogP contribution in [0.25, 0.3) is 10.9 Å². The summed E-state index contributed by atoms with van der Waals surface area (Å²) in [6.45, 7) is -0.142. The standard InChI is InChI=1S/C20H16F2N4/c21-20(22,17-5-6-18-16(13-17)3-1-9-24-18)14-26-12-2-4-19(25-26)15-7-10-23-11-8-15/h1-11,13H,12,14H2. The van der Waals surface area contributed by atoms with Gasteiger partial charge in [-0.15, -0.1) is 0 Å². The predicted octanol–water partition coefficient (Wildman–Crippen LogP) is 4.00. The van der Waals surface area contributed by atoms with Crippen LogP contribution < -0.4 is 0 Å². The van der Waals surface area contributed by atoms with Gasteiger partial charge >= 0.3 is 0 Å². The Bertz CT molecular complexity index is 983. The fraction of sp³-hybridized carbons (Fsp3) is 0.150. The van der Waals surface area contributed by atoms with Gasteiger partial charge in [0, 0.05) is 35.1 Å². The molecule has 0 saturated carbocycles. The molecule has 1 aliphatic rings. The van der Waals surface area contributed by atoms with Gasteiger partial charge in [-0.3, -0.25) is 15.0 Å². The molecule has 6 heteroatoms. The monoisotopic (exact) mass is 350 g/mol. The number of rotatable bonds is 4. The second kappa shape index (κ2) is 6.63. The van der Waals surface area contributed by atoms with Gasteiger partial charge in [0.1, 0.15) is 6.54 Å². The van der Waals surface area contributed by atoms with Crippen LogP contribution in [-0.2, 0) is 5.92 Å². The first-order chi connectivity index (χ1) is 12.6. The molecule has 3 heterocycles. The summed E-state index contributed by atoms with van der Waals surface area (Å²) >= 11 is 0. The Kier molecular flexibility index (Phi) is 4.16. The number of nitrogens with zero attached hydrogens (tertiary/aromatic N) is 4. The zero-order chi connectivity index (χ0) is 18.0. The molecule has 0 saturated heterocycles. The largest absolute Gasteiger partial charge is 0.292 e. The molecule has 3 aromatic rings. The SMILES string of the molecule is FC(F)(CN1CC=CC(c2ccncc2)=N1)c1ccc2ncccc2c1. The van der Waals surface area contributed by atoms with Gasteiger partial charge in [-0.25, -0.2) is 0 Å². The molecule has 1 aliphatic heterocycles. The van der Waals surface area contributed by atoms with Gasteiger partial charge in [-0.05, 0) is 36.4 Å². The number of fused-ring (bicyclic) bond motifs is 1. The molecule has 0 radical (unpaired) electrons. The first-order valence-corrected chi connectivity index (χ1v) is 8.25. The topological polar surface area (TPSA) is 41.4 Å². The molecule has 0 unspecified atom stereocenters. The first-order valence-electron chi connectivity index (χ1n) is 8.25. The van der Waals surface area contributed by atoms with E-state index in [4.69, 9.17) is 0 Å². The van der Waals surface area contributed by atoms with Crippen LogP contribution >= 0.6 is 0 Å². The maximum absolute atomic E-state index is 14.8. The van der Waals surface area contributed by atoms with E-state index in [2.05, 4.69) is 15.1 Å². The van der Waals surface area contributed by atoms with Crippen molar-refractivity contribution in [3.05, 3.63) is 84.3 Å². The lowest BCUT2D eigenvalue weighted by Crippen LogP contribution is -2.34. The third kappa shape index (κ3) is 3.31. The van der Waals surface area contributed by atoms with Gasteiger partial charge < -0.3 is 0 Å². The summed E-state index contributed by atoms with van der Waals surface area (Å²) in [5.41, 5.74) is 2.16. The molecule has 0 spiro atoms. The quantitative estimate of drug-likeness (QED) is 0.714. The van der Waals surface area contributed by atoms with Gasteiger partial charge in [-0.1, -0.05) is 18.2 Å². The molecular formula is C20H16F2N4. The van der Waals surface area contributed by atoms with E-state index in [1.807, 2.05) is 12.2 Å². The van der Waals surface area contributed by atoms with Crippen molar-refractivity contribution >= 4 is 16.6 Å². The van der Waals surface area contributed by atoms with Crippen LogP contribution in [-0.4, -0.2) is 33.8 Å². The Morgan fingerprint density at radius 1 is 1.04 bits per heavy atom. The van der Waals surface area contributed by atoms with E-state index < -0.39 is 12.5 Å². The van der Waals surface area contributed by atoms with Crippen molar-refractivity contribution in [2.45, 2.75) is 5.92 Å². The number of halogens is 2. The number of benzene rings is 1. The van der Waals surface area contributed by atoms with Crippen molar-refractivity contribution in [1.82, 2.24) is 15.0 Å². The number of alkyl halides is 2. The highest BCUT2D eigenvalue weighted by molar-refractivity contribution is 6.08. The number of hydrogen-bond donors (Lipinski definition) is 0. The Labute approximate surface area is 149 Å². The average Bonchev–Trinajstić information content (AvgIpc) is 2.68. The lowest BCUT2D eigenvalue weighted by Gasteiger charge is -2.27. The summed E-state index contributed by atoms with van der Waals surface area (Å²) in [7, 11) is 0. The smallest absolute Gasteiger partial charge is 0.286 e. The van der Waals surface area contributed by atoms with Crippen molar-refractivity contribution in [3.8, 4) is 0 Å². The maximum Gasteiger partial charge on any atom is 0.292 e. The minimum atomic E-state index is -3.03. The van der Waals surface area contributed by atoms with Crippen LogP contribution in [0.3, 0.4) is 0 Å². The third-order valence-corrected chi connectivity index (χ3v) is 4.22. The second-order valence-electron chi connectivity index (χ2n) is 6.09. The molecule has 4 nitrogen and oxygen atoms in total. The summed E-state index contributed by atoms with van der Waals surface area (Å²) in [5.74, 6) is -3.03. The van der Waals surface area contributed by atoms with Gasteiger partial charge in [0.05, 0.1) is 17.8 Å². The fourth-order valence-electron chi connectivity index (χ4n) is 2.91. The zero-order valence-electron chi connectivity index (χ0n) is 13.9. The summed E-state index contributed by atoms with van der Waals surface area (Å²) in [5, 5.41) is 6.46. The number of pyridine rings is 2. The highest BCUT2D eigenvalue weighted by atomic mass is 19.3. The molecule has 0 N–H and O–H groups in total. The van der Waals surface area contributed by atoms with Crippen molar-refractivity contribution < 1.29 is 8.78 Å². The van der Waals surface area contributed by atoms with E-state index in [9.17, 15) is 8.78 Å². The molecule has 0 fully saturated rings. The Morgan fingerprint density at radius 2 is 1.88 bits per heavy atom. The van der Waals surface area contributed by atoms with E-state index in [0.29, 0.717) is 23.2 Å². The Balaban J connectivity index is 1.58. The number of hydrazone groups is 1. The predicted molar refractivity (Wildman–Crippen MR) is 97.1 cm³/mol. The van der Waals surface area contributed by atoms with E-state index in [0.717, 1.165) is 5.56 Å². The average molecular weight is 350 g/mol. The molecule has 130 valence electrons. The van der Waals surface area contributed by atoms with E-state index in [-0.39, 0.29) is 5.56 Å². The van der Waals surface area contributed by atoms with Crippen molar-refractivity contribution in [2.75, 3.05) is 13.1 Å². The molecule has 26 heavy (non-hydrogen) atoms. The van der Waals surface area contributed by atoms with Crippen LogP contribution in [0.5, 0.6) is 0 Å². The van der Waals surface area contributed by atoms with Crippen LogP contribution in [0.4, 0.5) is 8.78 Å². The third-order valence-electron chi connectivity index (χ3n) is 4.22. The lowest BCUT2D eigenvalue weighted by atomic mass is 10.0. The highest BCUT2D eigenvalue weighted by Crippen LogP contribution is 2.31. The van der Waals surface area contributed by atoms with E-state index in [1.165, 1.54) is 17.1 Å². The summed E-state index contributed by atoms with van der Waals surface area (Å²) in [6.07, 6.45) is 8.63. The number of allylic oxidation sites excluding steroid dienone is 1. The highest BCUT2D eigenvalue weighted by Gasteiger charge is 2.34. The van der Waals surface area contributed by atoms with Crippen molar-refractivity contribution in [2.24, 2.45) is 5.10 Å². The molecule has 0 atom stereocenters. The Morgan fingerprint density at radius 3 is 2.73 bits per heavy atom. The second-order valence-corrected chi connectivity index (χ2v) is 6.09. The molecular weight excluding hydrogens is 334 g/mol. The van der Waals surface area contributed by atoms with Gasteiger partial charge in [0.25, 0.3) is 5.92 Å². The minimum absolute atomic E-state index is 0.0341. The first kappa shape index (κ1) is 16.3. The summed E-state index contributed by atoms with van der Waals surface area (Å²) in [6, 6.07) is 11.7. The summed E-state index contributed by atoms with van der Waals surface area (Å²) in [4.78, 5) is 8.14. The van der Waals surface area contributed by atoms with Gasteiger partial charge in [0.2, 0.25) is 0 Å². The molecule has 2 aromatic heterocycles. The summed E-state index contributed by atoms with van der Waals surface area (Å²) < 4.78 is 29.7. The van der Waals surface area contributed by atoms with Crippen LogP contribution in [0.15, 0.2) is 78.3 Å². The van der Waals surface area contributed by atoms with Crippen molar-refractivity contribution in [1.29, 1.82) is 0 Å². The molecule has 0 aliphatic carbocycles. The zero-order valence-corrected chi connectivity index (χ0v) is 13.9. The molecule has 1 aromatic carbocycles. The van der Waals surface area contributed by atoms with Crippen LogP contribution in [0, 0.1) is 0 Å². The maximum atomic E-state index is 14.8. The molecule has 4 rings (SSSR count). The normalized spacial score (nSPS) is 14.5. The van der Waals surface area contributed by atoms with Crippen LogP contribution in [0.2, 0.25) is 0 Å². The van der Waals surface area contributed by atoms with E-state index >= 15 is 0 Å². The van der Waals surface area contributed by atoms with Crippen molar-refractivity contribution in [3.63, 3.8) is 0 Å². The minimum Gasteiger partial charge on any atom is -0.286 e. The van der Waals surface area contributed by atoms with Gasteiger partial charge in [0.15, 0.2) is 0 Å². The Hall–Kier alpha value is -3.15. The lowest BCUT2D eigenvalue weighted by molar-refractivity contribution is -0.0351. The van der Waals surface area contributed by atoms with E-state index in [1.54, 1.807) is 48.9 Å². The number of hydrogen-bond acceptors (Lipinski definition) is 4. The van der Waals surface area contributed by atoms with Crippen LogP contribution in [0.1, 0.15) is 11.1 Å². The van der Waals surface area contributed by atoms with Gasteiger partial charge in [-0.2, -0.15) is 13.9 Å². The number of aromatic nitrogens is 2.